The second kappa shape index (κ2) is 7.11. The van der Waals surface area contributed by atoms with Crippen LogP contribution in [0.25, 0.3) is 0 Å². The molecule has 7 nitrogen and oxygen atoms in total. The van der Waals surface area contributed by atoms with Gasteiger partial charge in [-0.2, -0.15) is 0 Å². The minimum atomic E-state index is 0.0436. The normalized spacial score (nSPS) is 23.0. The Kier molecular flexibility index (Phi) is 4.94. The third kappa shape index (κ3) is 3.98. The summed E-state index contributed by atoms with van der Waals surface area (Å²) in [5.41, 5.74) is 0.906. The number of hydrogen-bond acceptors (Lipinski definition) is 5. The fourth-order valence-electron chi connectivity index (χ4n) is 2.91. The predicted octanol–water partition coefficient (Wildman–Crippen LogP) is 0.847. The number of aryl methyl sites for hydroxylation is 1. The number of carbonyl (C=O) groups excluding carboxylic acids is 1. The molecule has 0 bridgehead atoms. The Morgan fingerprint density at radius 3 is 2.86 bits per heavy atom. The second-order valence-electron chi connectivity index (χ2n) is 6.11. The largest absolute Gasteiger partial charge is 0.381 e. The molecule has 2 amide bonds. The molecule has 7 heteroatoms. The number of nitrogens with one attached hydrogen (secondary N) is 1. The first-order chi connectivity index (χ1) is 10.7. The molecule has 122 valence electrons. The molecule has 22 heavy (non-hydrogen) atoms. The molecule has 1 aromatic rings. The third-order valence-corrected chi connectivity index (χ3v) is 4.28. The maximum atomic E-state index is 12.2. The molecule has 0 unspecified atom stereocenters. The minimum absolute atomic E-state index is 0.0436. The van der Waals surface area contributed by atoms with Crippen molar-refractivity contribution in [3.63, 3.8) is 0 Å². The van der Waals surface area contributed by atoms with E-state index in [-0.39, 0.29) is 6.03 Å². The summed E-state index contributed by atoms with van der Waals surface area (Å²) in [6.45, 7) is 8.21. The van der Waals surface area contributed by atoms with Crippen molar-refractivity contribution in [1.29, 1.82) is 0 Å². The smallest absolute Gasteiger partial charge is 0.317 e. The maximum absolute atomic E-state index is 12.2. The third-order valence-electron chi connectivity index (χ3n) is 4.28. The van der Waals surface area contributed by atoms with Gasteiger partial charge in [-0.1, -0.05) is 5.16 Å². The standard InChI is InChI=1S/C15H24N4O3/c1-12-8-14(22-17-12)10-18-3-5-19(6-4-18)15(20)16-9-13-2-7-21-11-13/h8,13H,2-7,9-11H2,1H3,(H,16,20)/t13-/m1/s1. The molecule has 2 saturated heterocycles. The number of rotatable bonds is 4. The SMILES string of the molecule is Cc1cc(CN2CCN(C(=O)NC[C@H]3CCOC3)CC2)on1. The first-order valence-electron chi connectivity index (χ1n) is 7.96. The summed E-state index contributed by atoms with van der Waals surface area (Å²) in [7, 11) is 0. The van der Waals surface area contributed by atoms with Crippen LogP contribution in [0.3, 0.4) is 0 Å². The van der Waals surface area contributed by atoms with Gasteiger partial charge in [-0.05, 0) is 13.3 Å². The van der Waals surface area contributed by atoms with E-state index in [1.165, 1.54) is 0 Å². The Morgan fingerprint density at radius 2 is 2.23 bits per heavy atom. The van der Waals surface area contributed by atoms with Gasteiger partial charge in [0.05, 0.1) is 18.8 Å². The molecule has 0 spiro atoms. The van der Waals surface area contributed by atoms with Crippen LogP contribution < -0.4 is 5.32 Å². The summed E-state index contributed by atoms with van der Waals surface area (Å²) in [6, 6.07) is 2.00. The lowest BCUT2D eigenvalue weighted by molar-refractivity contribution is 0.127. The van der Waals surface area contributed by atoms with Gasteiger partial charge in [0.25, 0.3) is 0 Å². The monoisotopic (exact) mass is 308 g/mol. The van der Waals surface area contributed by atoms with Crippen molar-refractivity contribution in [3.05, 3.63) is 17.5 Å². The number of ether oxygens (including phenoxy) is 1. The predicted molar refractivity (Wildman–Crippen MR) is 80.4 cm³/mol. The van der Waals surface area contributed by atoms with Crippen LogP contribution in [0, 0.1) is 12.8 Å². The molecule has 3 heterocycles. The Labute approximate surface area is 130 Å². The number of piperazine rings is 1. The number of hydrogen-bond donors (Lipinski definition) is 1. The average Bonchev–Trinajstić information content (AvgIpc) is 3.17. The molecule has 2 fully saturated rings. The average molecular weight is 308 g/mol. The first-order valence-corrected chi connectivity index (χ1v) is 7.96. The topological polar surface area (TPSA) is 70.8 Å². The van der Waals surface area contributed by atoms with Crippen molar-refractivity contribution in [2.45, 2.75) is 19.9 Å². The Bertz CT molecular complexity index is 491. The van der Waals surface area contributed by atoms with E-state index >= 15 is 0 Å². The highest BCUT2D eigenvalue weighted by Gasteiger charge is 2.23. The van der Waals surface area contributed by atoms with E-state index in [1.807, 2.05) is 17.9 Å². The van der Waals surface area contributed by atoms with Crippen molar-refractivity contribution in [3.8, 4) is 0 Å². The van der Waals surface area contributed by atoms with Gasteiger partial charge in [0.15, 0.2) is 5.76 Å². The fraction of sp³-hybridized carbons (Fsp3) is 0.733. The first kappa shape index (κ1) is 15.3. The summed E-state index contributed by atoms with van der Waals surface area (Å²) in [5, 5.41) is 6.92. The van der Waals surface area contributed by atoms with Gasteiger partial charge in [-0.3, -0.25) is 4.90 Å². The highest BCUT2D eigenvalue weighted by atomic mass is 16.5. The van der Waals surface area contributed by atoms with Crippen molar-refractivity contribution < 1.29 is 14.1 Å². The van der Waals surface area contributed by atoms with E-state index in [0.717, 1.165) is 70.4 Å². The molecule has 1 N–H and O–H groups in total. The van der Waals surface area contributed by atoms with Crippen LogP contribution in [0.4, 0.5) is 4.79 Å². The summed E-state index contributed by atoms with van der Waals surface area (Å²) in [5.74, 6) is 1.36. The molecule has 0 saturated carbocycles. The molecule has 0 aliphatic carbocycles. The Balaban J connectivity index is 1.38. The molecule has 0 aromatic carbocycles. The van der Waals surface area contributed by atoms with Gasteiger partial charge in [-0.15, -0.1) is 0 Å². The lowest BCUT2D eigenvalue weighted by Gasteiger charge is -2.34. The van der Waals surface area contributed by atoms with Crippen molar-refractivity contribution in [2.24, 2.45) is 5.92 Å². The zero-order valence-corrected chi connectivity index (χ0v) is 13.1. The molecule has 3 rings (SSSR count). The van der Waals surface area contributed by atoms with Crippen LogP contribution >= 0.6 is 0 Å². The van der Waals surface area contributed by atoms with E-state index in [0.29, 0.717) is 5.92 Å². The fourth-order valence-corrected chi connectivity index (χ4v) is 2.91. The molecule has 2 aliphatic heterocycles. The van der Waals surface area contributed by atoms with Crippen molar-refractivity contribution in [1.82, 2.24) is 20.3 Å². The lowest BCUT2D eigenvalue weighted by Crippen LogP contribution is -2.52. The van der Waals surface area contributed by atoms with Crippen LogP contribution in [-0.4, -0.2) is 66.9 Å². The number of aromatic nitrogens is 1. The van der Waals surface area contributed by atoms with Crippen LogP contribution in [0.15, 0.2) is 10.6 Å². The maximum Gasteiger partial charge on any atom is 0.317 e. The van der Waals surface area contributed by atoms with Gasteiger partial charge >= 0.3 is 6.03 Å². The zero-order chi connectivity index (χ0) is 15.4. The van der Waals surface area contributed by atoms with Gasteiger partial charge in [-0.25, -0.2) is 4.79 Å². The number of carbonyl (C=O) groups is 1. The molecule has 2 aliphatic rings. The molecular formula is C15H24N4O3. The molecule has 1 aromatic heterocycles. The molecule has 1 atom stereocenters. The summed E-state index contributed by atoms with van der Waals surface area (Å²) < 4.78 is 10.6. The van der Waals surface area contributed by atoms with E-state index in [1.54, 1.807) is 0 Å². The van der Waals surface area contributed by atoms with Crippen LogP contribution in [0.2, 0.25) is 0 Å². The number of amides is 2. The van der Waals surface area contributed by atoms with E-state index in [9.17, 15) is 4.79 Å². The summed E-state index contributed by atoms with van der Waals surface area (Å²) >= 11 is 0. The second-order valence-corrected chi connectivity index (χ2v) is 6.11. The zero-order valence-electron chi connectivity index (χ0n) is 13.1. The highest BCUT2D eigenvalue weighted by molar-refractivity contribution is 5.74. The van der Waals surface area contributed by atoms with Gasteiger partial charge in [0.1, 0.15) is 0 Å². The molecule has 0 radical (unpaired) electrons. The van der Waals surface area contributed by atoms with Gasteiger partial charge in [0.2, 0.25) is 0 Å². The van der Waals surface area contributed by atoms with Crippen LogP contribution in [-0.2, 0) is 11.3 Å². The van der Waals surface area contributed by atoms with Crippen LogP contribution in [0.1, 0.15) is 17.9 Å². The summed E-state index contributed by atoms with van der Waals surface area (Å²) in [6.07, 6.45) is 1.05. The minimum Gasteiger partial charge on any atom is -0.381 e. The van der Waals surface area contributed by atoms with Crippen LogP contribution in [0.5, 0.6) is 0 Å². The number of nitrogens with zero attached hydrogens (tertiary/aromatic N) is 3. The van der Waals surface area contributed by atoms with Crippen molar-refractivity contribution >= 4 is 6.03 Å². The lowest BCUT2D eigenvalue weighted by atomic mass is 10.1. The van der Waals surface area contributed by atoms with Gasteiger partial charge in [0, 0.05) is 51.3 Å². The highest BCUT2D eigenvalue weighted by Crippen LogP contribution is 2.12. The Hall–Kier alpha value is -1.60. The number of urea groups is 1. The molecular weight excluding hydrogens is 284 g/mol. The van der Waals surface area contributed by atoms with Gasteiger partial charge < -0.3 is 19.5 Å². The quantitative estimate of drug-likeness (QED) is 0.893. The van der Waals surface area contributed by atoms with E-state index in [2.05, 4.69) is 15.4 Å². The van der Waals surface area contributed by atoms with E-state index < -0.39 is 0 Å². The Morgan fingerprint density at radius 1 is 1.41 bits per heavy atom. The summed E-state index contributed by atoms with van der Waals surface area (Å²) in [4.78, 5) is 16.3. The van der Waals surface area contributed by atoms with Crippen molar-refractivity contribution in [2.75, 3.05) is 45.9 Å². The van der Waals surface area contributed by atoms with E-state index in [4.69, 9.17) is 9.26 Å².